The van der Waals surface area contributed by atoms with Crippen LogP contribution in [-0.4, -0.2) is 32.5 Å². The summed E-state index contributed by atoms with van der Waals surface area (Å²) in [4.78, 5) is 13.2. The van der Waals surface area contributed by atoms with Gasteiger partial charge in [0.05, 0.1) is 5.25 Å². The summed E-state index contributed by atoms with van der Waals surface area (Å²) in [5.74, 6) is 1.06. The van der Waals surface area contributed by atoms with E-state index in [2.05, 4.69) is 37.6 Å². The molecule has 0 aliphatic heterocycles. The molecule has 1 fully saturated rings. The molecule has 1 amide bonds. The normalized spacial score (nSPS) is 15.7. The summed E-state index contributed by atoms with van der Waals surface area (Å²) in [6, 6.07) is 4.69. The van der Waals surface area contributed by atoms with Crippen molar-refractivity contribution >= 4 is 29.0 Å². The maximum absolute atomic E-state index is 11.9. The van der Waals surface area contributed by atoms with Gasteiger partial charge in [-0.2, -0.15) is 0 Å². The summed E-state index contributed by atoms with van der Waals surface area (Å²) in [5, 5.41) is 14.4. The topological polar surface area (TPSA) is 59.8 Å². The fraction of sp³-hybridized carbons (Fsp3) is 0.533. The Morgan fingerprint density at radius 1 is 1.55 bits per heavy atom. The first-order valence-corrected chi connectivity index (χ1v) is 9.35. The van der Waals surface area contributed by atoms with Crippen molar-refractivity contribution in [1.82, 2.24) is 20.1 Å². The van der Waals surface area contributed by atoms with Crippen LogP contribution in [0.4, 0.5) is 0 Å². The molecule has 1 atom stereocenters. The molecule has 0 aromatic carbocycles. The molecule has 1 aliphatic rings. The largest absolute Gasteiger partial charge is 0.355 e. The lowest BCUT2D eigenvalue weighted by atomic mass is 10.3. The van der Waals surface area contributed by atoms with Gasteiger partial charge in [-0.3, -0.25) is 4.79 Å². The zero-order chi connectivity index (χ0) is 15.5. The molecule has 1 aliphatic carbocycles. The van der Waals surface area contributed by atoms with Crippen LogP contribution >= 0.6 is 23.1 Å². The molecule has 0 radical (unpaired) electrons. The molecule has 0 saturated heterocycles. The molecule has 3 rings (SSSR count). The fourth-order valence-corrected chi connectivity index (χ4v) is 3.97. The molecular formula is C15H20N4OS2. The van der Waals surface area contributed by atoms with Crippen LogP contribution in [0.5, 0.6) is 0 Å². The predicted octanol–water partition coefficient (Wildman–Crippen LogP) is 2.88. The second-order valence-electron chi connectivity index (χ2n) is 5.41. The number of nitrogens with zero attached hydrogens (tertiary/aromatic N) is 3. The Hall–Kier alpha value is -1.34. The fourth-order valence-electron chi connectivity index (χ4n) is 2.31. The number of carbonyl (C=O) groups excluding carboxylic acids is 1. The van der Waals surface area contributed by atoms with E-state index in [1.54, 1.807) is 11.3 Å². The lowest BCUT2D eigenvalue weighted by Crippen LogP contribution is -2.30. The summed E-state index contributed by atoms with van der Waals surface area (Å²) in [6.07, 6.45) is 3.18. The Labute approximate surface area is 138 Å². The highest BCUT2D eigenvalue weighted by molar-refractivity contribution is 8.00. The van der Waals surface area contributed by atoms with Gasteiger partial charge >= 0.3 is 0 Å². The Bertz CT molecular complexity index is 634. The van der Waals surface area contributed by atoms with Crippen LogP contribution < -0.4 is 5.32 Å². The monoisotopic (exact) mass is 336 g/mol. The van der Waals surface area contributed by atoms with Crippen LogP contribution in [-0.2, 0) is 11.2 Å². The quantitative estimate of drug-likeness (QED) is 0.790. The average Bonchev–Trinajstić information content (AvgIpc) is 3.05. The van der Waals surface area contributed by atoms with E-state index in [1.165, 1.54) is 29.5 Å². The number of nitrogens with one attached hydrogen (secondary N) is 1. The molecule has 118 valence electrons. The van der Waals surface area contributed by atoms with Gasteiger partial charge in [0, 0.05) is 23.9 Å². The summed E-state index contributed by atoms with van der Waals surface area (Å²) >= 11 is 3.24. The minimum atomic E-state index is -0.156. The molecular weight excluding hydrogens is 316 g/mol. The lowest BCUT2D eigenvalue weighted by Gasteiger charge is -2.12. The average molecular weight is 336 g/mol. The highest BCUT2D eigenvalue weighted by Crippen LogP contribution is 2.40. The first kappa shape index (κ1) is 15.6. The highest BCUT2D eigenvalue weighted by atomic mass is 32.2. The van der Waals surface area contributed by atoms with Crippen LogP contribution in [0.1, 0.15) is 43.4 Å². The number of carbonyl (C=O) groups is 1. The second kappa shape index (κ2) is 6.83. The number of thiophene rings is 1. The zero-order valence-corrected chi connectivity index (χ0v) is 14.4. The van der Waals surface area contributed by atoms with Crippen LogP contribution in [0.3, 0.4) is 0 Å². The second-order valence-corrected chi connectivity index (χ2v) is 7.75. The van der Waals surface area contributed by atoms with Gasteiger partial charge < -0.3 is 9.88 Å². The van der Waals surface area contributed by atoms with E-state index >= 15 is 0 Å². The molecule has 1 saturated carbocycles. The van der Waals surface area contributed by atoms with Crippen molar-refractivity contribution in [2.45, 2.75) is 49.6 Å². The van der Waals surface area contributed by atoms with Gasteiger partial charge in [-0.15, -0.1) is 21.5 Å². The van der Waals surface area contributed by atoms with E-state index in [1.807, 2.05) is 13.8 Å². The number of rotatable bonds is 7. The summed E-state index contributed by atoms with van der Waals surface area (Å²) < 4.78 is 2.24. The Balaban J connectivity index is 1.77. The first-order chi connectivity index (χ1) is 10.7. The van der Waals surface area contributed by atoms with Crippen molar-refractivity contribution in [1.29, 1.82) is 0 Å². The standard InChI is InChI=1S/C15H20N4OS2/c1-3-16-14(20)10(2)22-15-18-17-13(19(15)11-6-7-11)9-12-5-4-8-21-12/h4-5,8,10-11H,3,6-7,9H2,1-2H3,(H,16,20)/t10-/m0/s1. The third-order valence-electron chi connectivity index (χ3n) is 3.56. The summed E-state index contributed by atoms with van der Waals surface area (Å²) in [5.41, 5.74) is 0. The minimum Gasteiger partial charge on any atom is -0.355 e. The summed E-state index contributed by atoms with van der Waals surface area (Å²) in [6.45, 7) is 4.50. The van der Waals surface area contributed by atoms with E-state index in [4.69, 9.17) is 0 Å². The Kier molecular flexibility index (Phi) is 4.83. The van der Waals surface area contributed by atoms with E-state index in [-0.39, 0.29) is 11.2 Å². The number of thioether (sulfide) groups is 1. The molecule has 2 aromatic heterocycles. The third-order valence-corrected chi connectivity index (χ3v) is 5.50. The maximum Gasteiger partial charge on any atom is 0.233 e. The lowest BCUT2D eigenvalue weighted by molar-refractivity contribution is -0.120. The van der Waals surface area contributed by atoms with Crippen molar-refractivity contribution < 1.29 is 4.79 Å². The molecule has 5 nitrogen and oxygen atoms in total. The van der Waals surface area contributed by atoms with Crippen molar-refractivity contribution in [3.8, 4) is 0 Å². The SMILES string of the molecule is CCNC(=O)[C@H](C)Sc1nnc(Cc2cccs2)n1C1CC1. The van der Waals surface area contributed by atoms with Gasteiger partial charge in [0.25, 0.3) is 0 Å². The van der Waals surface area contributed by atoms with Gasteiger partial charge in [0.1, 0.15) is 5.82 Å². The van der Waals surface area contributed by atoms with Crippen LogP contribution in [0.25, 0.3) is 0 Å². The highest BCUT2D eigenvalue weighted by Gasteiger charge is 2.31. The molecule has 1 N–H and O–H groups in total. The van der Waals surface area contributed by atoms with Crippen molar-refractivity contribution in [3.63, 3.8) is 0 Å². The van der Waals surface area contributed by atoms with Crippen LogP contribution in [0.15, 0.2) is 22.7 Å². The van der Waals surface area contributed by atoms with E-state index in [0.29, 0.717) is 12.6 Å². The van der Waals surface area contributed by atoms with Gasteiger partial charge in [-0.25, -0.2) is 0 Å². The summed E-state index contributed by atoms with van der Waals surface area (Å²) in [7, 11) is 0. The van der Waals surface area contributed by atoms with Gasteiger partial charge in [0.15, 0.2) is 5.16 Å². The molecule has 7 heteroatoms. The van der Waals surface area contributed by atoms with Gasteiger partial charge in [-0.1, -0.05) is 17.8 Å². The van der Waals surface area contributed by atoms with E-state index in [0.717, 1.165) is 17.4 Å². The number of hydrogen-bond acceptors (Lipinski definition) is 5. The molecule has 2 aromatic rings. The smallest absolute Gasteiger partial charge is 0.233 e. The molecule has 2 heterocycles. The van der Waals surface area contributed by atoms with Crippen LogP contribution in [0.2, 0.25) is 0 Å². The maximum atomic E-state index is 11.9. The van der Waals surface area contributed by atoms with Gasteiger partial charge in [-0.05, 0) is 38.1 Å². The Morgan fingerprint density at radius 3 is 3.00 bits per heavy atom. The third kappa shape index (κ3) is 3.52. The molecule has 0 bridgehead atoms. The van der Waals surface area contributed by atoms with Crippen molar-refractivity contribution in [2.75, 3.05) is 6.54 Å². The van der Waals surface area contributed by atoms with E-state index in [9.17, 15) is 4.79 Å². The predicted molar refractivity (Wildman–Crippen MR) is 89.4 cm³/mol. The number of aromatic nitrogens is 3. The van der Waals surface area contributed by atoms with Crippen LogP contribution in [0, 0.1) is 0 Å². The van der Waals surface area contributed by atoms with Crippen molar-refractivity contribution in [2.24, 2.45) is 0 Å². The molecule has 0 unspecified atom stereocenters. The molecule has 0 spiro atoms. The van der Waals surface area contributed by atoms with Gasteiger partial charge in [0.2, 0.25) is 5.91 Å². The molecule has 22 heavy (non-hydrogen) atoms. The zero-order valence-electron chi connectivity index (χ0n) is 12.8. The Morgan fingerprint density at radius 2 is 2.36 bits per heavy atom. The number of amides is 1. The minimum absolute atomic E-state index is 0.0534. The first-order valence-electron chi connectivity index (χ1n) is 7.59. The van der Waals surface area contributed by atoms with E-state index < -0.39 is 0 Å². The number of hydrogen-bond donors (Lipinski definition) is 1. The van der Waals surface area contributed by atoms with Crippen molar-refractivity contribution in [3.05, 3.63) is 28.2 Å².